The predicted molar refractivity (Wildman–Crippen MR) is 142 cm³/mol. The average molecular weight is 586 g/mol. The van der Waals surface area contributed by atoms with Crippen LogP contribution < -0.4 is 10.6 Å². The number of thioether (sulfide) groups is 1. The molecule has 39 heavy (non-hydrogen) atoms. The number of carbonyl (C=O) groups is 4. The van der Waals surface area contributed by atoms with Gasteiger partial charge in [0.2, 0.25) is 6.29 Å². The van der Waals surface area contributed by atoms with E-state index in [0.717, 1.165) is 0 Å². The van der Waals surface area contributed by atoms with Gasteiger partial charge in [0.1, 0.15) is 29.9 Å². The summed E-state index contributed by atoms with van der Waals surface area (Å²) in [6.45, 7) is 7.27. The highest BCUT2D eigenvalue weighted by molar-refractivity contribution is 8.00. The number of ether oxygens (including phenoxy) is 4. The molecular weight excluding hydrogens is 554 g/mol. The van der Waals surface area contributed by atoms with Gasteiger partial charge in [-0.3, -0.25) is 14.5 Å². The second-order valence-corrected chi connectivity index (χ2v) is 10.4. The number of methoxy groups -OCH3 is 1. The maximum atomic E-state index is 13.2. The number of thiazole rings is 1. The Balaban J connectivity index is 1.73. The number of esters is 1. The van der Waals surface area contributed by atoms with Gasteiger partial charge in [-0.05, 0) is 26.3 Å². The Morgan fingerprint density at radius 3 is 2.59 bits per heavy atom. The lowest BCUT2D eigenvalue weighted by Crippen LogP contribution is -2.71. The van der Waals surface area contributed by atoms with Crippen LogP contribution in [0.2, 0.25) is 0 Å². The van der Waals surface area contributed by atoms with E-state index < -0.39 is 47.7 Å². The quantitative estimate of drug-likeness (QED) is 0.120. The molecule has 1 saturated heterocycles. The van der Waals surface area contributed by atoms with E-state index in [9.17, 15) is 19.2 Å². The van der Waals surface area contributed by atoms with Crippen LogP contribution in [0.1, 0.15) is 33.4 Å². The molecule has 3 unspecified atom stereocenters. The van der Waals surface area contributed by atoms with Crippen LogP contribution in [0.15, 0.2) is 21.8 Å². The summed E-state index contributed by atoms with van der Waals surface area (Å²) in [5.74, 6) is -1.74. The zero-order valence-corrected chi connectivity index (χ0v) is 24.0. The third kappa shape index (κ3) is 7.19. The van der Waals surface area contributed by atoms with Crippen molar-refractivity contribution < 1.29 is 43.0 Å². The number of rotatable bonds is 12. The molecule has 2 aliphatic rings. The zero-order chi connectivity index (χ0) is 28.7. The molecule has 0 bridgehead atoms. The van der Waals surface area contributed by atoms with Gasteiger partial charge in [-0.25, -0.2) is 14.6 Å². The van der Waals surface area contributed by atoms with Crippen LogP contribution in [0.25, 0.3) is 0 Å². The lowest BCUT2D eigenvalue weighted by Gasteiger charge is -2.49. The van der Waals surface area contributed by atoms with E-state index in [-0.39, 0.29) is 23.7 Å². The van der Waals surface area contributed by atoms with Crippen LogP contribution in [0.3, 0.4) is 0 Å². The summed E-state index contributed by atoms with van der Waals surface area (Å²) < 4.78 is 20.3. The van der Waals surface area contributed by atoms with E-state index in [4.69, 9.17) is 23.8 Å². The highest BCUT2D eigenvalue weighted by Crippen LogP contribution is 2.41. The molecule has 0 saturated carbocycles. The third-order valence-electron chi connectivity index (χ3n) is 5.19. The fourth-order valence-electron chi connectivity index (χ4n) is 3.66. The minimum atomic E-state index is -1.28. The topological polar surface area (TPSA) is 167 Å². The fourth-order valence-corrected chi connectivity index (χ4v) is 5.76. The standard InChI is InChI=1S/C23H31N5O9S2/c1-7-24-22-25-14(10-39-22)15(27-34-6)18(29)26-16-19(30)28-17(13(8-33-5)9-38-20(16)28)21(31)36-12(4)37-23(32)35-11(2)3/h10-12,16,20H,7-9H2,1-6H3,(H,24,25)(H,26,29). The fraction of sp³-hybridized carbons (Fsp3) is 0.565. The molecule has 2 amide bonds. The van der Waals surface area contributed by atoms with Crippen molar-refractivity contribution in [2.45, 2.75) is 51.5 Å². The van der Waals surface area contributed by atoms with Gasteiger partial charge in [-0.2, -0.15) is 0 Å². The third-order valence-corrected chi connectivity index (χ3v) is 7.32. The summed E-state index contributed by atoms with van der Waals surface area (Å²) in [4.78, 5) is 61.5. The van der Waals surface area contributed by atoms with Crippen molar-refractivity contribution in [1.29, 1.82) is 0 Å². The van der Waals surface area contributed by atoms with Crippen LogP contribution >= 0.6 is 23.1 Å². The summed E-state index contributed by atoms with van der Waals surface area (Å²) in [5.41, 5.74) is 0.675. The van der Waals surface area contributed by atoms with Crippen molar-refractivity contribution in [1.82, 2.24) is 15.2 Å². The summed E-state index contributed by atoms with van der Waals surface area (Å²) in [5, 5.41) is 11.2. The Morgan fingerprint density at radius 2 is 1.95 bits per heavy atom. The smallest absolute Gasteiger partial charge is 0.431 e. The van der Waals surface area contributed by atoms with Gasteiger partial charge in [0.25, 0.3) is 11.8 Å². The summed E-state index contributed by atoms with van der Waals surface area (Å²) in [7, 11) is 2.75. The lowest BCUT2D eigenvalue weighted by atomic mass is 10.0. The van der Waals surface area contributed by atoms with Crippen LogP contribution in [-0.4, -0.2) is 96.5 Å². The molecule has 1 aromatic rings. The molecule has 16 heteroatoms. The maximum absolute atomic E-state index is 13.2. The number of nitrogens with one attached hydrogen (secondary N) is 2. The molecule has 0 spiro atoms. The molecule has 0 aromatic carbocycles. The molecule has 214 valence electrons. The predicted octanol–water partition coefficient (Wildman–Crippen LogP) is 1.68. The Bertz CT molecular complexity index is 1150. The van der Waals surface area contributed by atoms with Gasteiger partial charge >= 0.3 is 12.1 Å². The molecular formula is C23H31N5O9S2. The first kappa shape index (κ1) is 30.2. The number of aromatic nitrogens is 1. The second kappa shape index (κ2) is 13.6. The molecule has 2 N–H and O–H groups in total. The molecule has 0 radical (unpaired) electrons. The van der Waals surface area contributed by atoms with E-state index in [2.05, 4.69) is 20.8 Å². The molecule has 1 fully saturated rings. The van der Waals surface area contributed by atoms with Gasteiger partial charge in [-0.15, -0.1) is 23.1 Å². The normalized spacial score (nSPS) is 19.6. The summed E-state index contributed by atoms with van der Waals surface area (Å²) in [6.07, 6.45) is -2.70. The van der Waals surface area contributed by atoms with Crippen molar-refractivity contribution in [3.63, 3.8) is 0 Å². The number of fused-ring (bicyclic) bond motifs is 1. The lowest BCUT2D eigenvalue weighted by molar-refractivity contribution is -0.169. The van der Waals surface area contributed by atoms with Crippen molar-refractivity contribution in [3.8, 4) is 0 Å². The summed E-state index contributed by atoms with van der Waals surface area (Å²) in [6, 6.07) is -0.946. The number of anilines is 1. The van der Waals surface area contributed by atoms with E-state index in [0.29, 0.717) is 23.0 Å². The molecule has 0 aliphatic carbocycles. The van der Waals surface area contributed by atoms with Crippen LogP contribution in [-0.2, 0) is 38.2 Å². The first-order valence-electron chi connectivity index (χ1n) is 12.0. The van der Waals surface area contributed by atoms with E-state index in [1.54, 1.807) is 19.2 Å². The Morgan fingerprint density at radius 1 is 1.21 bits per heavy atom. The molecule has 3 atom stereocenters. The van der Waals surface area contributed by atoms with Crippen molar-refractivity contribution in [2.75, 3.05) is 38.4 Å². The minimum absolute atomic E-state index is 0.0238. The van der Waals surface area contributed by atoms with E-state index >= 15 is 0 Å². The van der Waals surface area contributed by atoms with Gasteiger partial charge in [0, 0.05) is 31.7 Å². The van der Waals surface area contributed by atoms with Crippen molar-refractivity contribution in [2.24, 2.45) is 5.16 Å². The highest BCUT2D eigenvalue weighted by atomic mass is 32.2. The van der Waals surface area contributed by atoms with Crippen LogP contribution in [0.5, 0.6) is 0 Å². The Hall–Kier alpha value is -3.37. The number of β-lactam (4-membered cyclic amide) rings is 1. The Kier molecular flexibility index (Phi) is 10.5. The zero-order valence-electron chi connectivity index (χ0n) is 22.3. The van der Waals surface area contributed by atoms with Gasteiger partial charge in [-0.1, -0.05) is 5.16 Å². The number of oxime groups is 1. The molecule has 2 aliphatic heterocycles. The van der Waals surface area contributed by atoms with E-state index in [1.165, 1.54) is 49.1 Å². The number of hydrogen-bond acceptors (Lipinski definition) is 14. The number of hydrogen-bond donors (Lipinski definition) is 2. The summed E-state index contributed by atoms with van der Waals surface area (Å²) >= 11 is 2.64. The number of carbonyl (C=O) groups excluding carboxylic acids is 4. The van der Waals surface area contributed by atoms with Crippen molar-refractivity contribution >= 4 is 57.9 Å². The molecule has 3 heterocycles. The molecule has 14 nitrogen and oxygen atoms in total. The van der Waals surface area contributed by atoms with Gasteiger partial charge in [0.15, 0.2) is 10.8 Å². The van der Waals surface area contributed by atoms with Crippen molar-refractivity contribution in [3.05, 3.63) is 22.3 Å². The van der Waals surface area contributed by atoms with Crippen LogP contribution in [0.4, 0.5) is 9.93 Å². The Labute approximate surface area is 233 Å². The van der Waals surface area contributed by atoms with E-state index in [1.807, 2.05) is 6.92 Å². The molecule has 3 rings (SSSR count). The maximum Gasteiger partial charge on any atom is 0.511 e. The monoisotopic (exact) mass is 585 g/mol. The number of nitrogens with zero attached hydrogens (tertiary/aromatic N) is 3. The largest absolute Gasteiger partial charge is 0.511 e. The van der Waals surface area contributed by atoms with Gasteiger partial charge < -0.3 is 34.4 Å². The first-order valence-corrected chi connectivity index (χ1v) is 13.9. The number of amides is 2. The SMILES string of the molecule is CCNc1nc(C(=NOC)C(=O)NC2C(=O)N3C(C(=O)OC(C)OC(=O)OC(C)C)=C(COC)CSC23)cs1. The second-order valence-electron chi connectivity index (χ2n) is 8.44. The highest BCUT2D eigenvalue weighted by Gasteiger charge is 2.55. The molecule has 1 aromatic heterocycles. The first-order chi connectivity index (χ1) is 18.6. The average Bonchev–Trinajstić information content (AvgIpc) is 3.33. The van der Waals surface area contributed by atoms with Crippen LogP contribution in [0, 0.1) is 0 Å². The minimum Gasteiger partial charge on any atom is -0.431 e. The van der Waals surface area contributed by atoms with Gasteiger partial charge in [0.05, 0.1) is 12.7 Å².